The van der Waals surface area contributed by atoms with Crippen LogP contribution >= 0.6 is 0 Å². The molecule has 2 aliphatic heterocycles. The van der Waals surface area contributed by atoms with E-state index in [0.717, 1.165) is 67.2 Å². The van der Waals surface area contributed by atoms with Gasteiger partial charge in [-0.05, 0) is 67.4 Å². The van der Waals surface area contributed by atoms with Gasteiger partial charge in [-0.25, -0.2) is 0 Å². The van der Waals surface area contributed by atoms with E-state index in [1.54, 1.807) is 14.2 Å². The van der Waals surface area contributed by atoms with E-state index < -0.39 is 0 Å². The Morgan fingerprint density at radius 2 is 1.86 bits per heavy atom. The zero-order valence-electron chi connectivity index (χ0n) is 20.5. The summed E-state index contributed by atoms with van der Waals surface area (Å²) in [7, 11) is 3.30. The first-order valence-corrected chi connectivity index (χ1v) is 12.4. The van der Waals surface area contributed by atoms with Gasteiger partial charge < -0.3 is 24.2 Å². The topological polar surface area (TPSA) is 76.8 Å². The van der Waals surface area contributed by atoms with Crippen LogP contribution in [0.15, 0.2) is 53.1 Å². The molecule has 0 spiro atoms. The zero-order chi connectivity index (χ0) is 24.2. The summed E-state index contributed by atoms with van der Waals surface area (Å²) >= 11 is 0. The number of piperidine rings is 1. The van der Waals surface area contributed by atoms with Crippen LogP contribution in [-0.2, 0) is 24.2 Å². The lowest BCUT2D eigenvalue weighted by Crippen LogP contribution is -2.42. The van der Waals surface area contributed by atoms with Crippen molar-refractivity contribution in [1.82, 2.24) is 15.4 Å². The molecule has 0 unspecified atom stereocenters. The lowest BCUT2D eigenvalue weighted by Gasteiger charge is -2.35. The number of benzene rings is 2. The molecule has 184 valence electrons. The van der Waals surface area contributed by atoms with Crippen LogP contribution in [0.3, 0.4) is 0 Å². The van der Waals surface area contributed by atoms with Crippen molar-refractivity contribution in [2.45, 2.75) is 32.2 Å². The predicted molar refractivity (Wildman–Crippen MR) is 133 cm³/mol. The standard InChI is InChI=1S/C28H33N3O4/c1-33-26-13-21-9-11-31(18-23(21)14-27(26)34-2)28(32)15-20-8-10-29-17-22(20)12-24-16-25(35-30-24)19-6-4-3-5-7-19/h3-7,13-14,16,20,22,29H,8-12,15,17-18H2,1-2H3/t20-,22+/m1/s1. The molecule has 7 heteroatoms. The fourth-order valence-electron chi connectivity index (χ4n) is 5.35. The highest BCUT2D eigenvalue weighted by atomic mass is 16.5. The maximum absolute atomic E-state index is 13.4. The predicted octanol–water partition coefficient (Wildman–Crippen LogP) is 4.10. The highest BCUT2D eigenvalue weighted by Gasteiger charge is 2.31. The molecule has 35 heavy (non-hydrogen) atoms. The summed E-state index contributed by atoms with van der Waals surface area (Å²) in [5.41, 5.74) is 4.34. The first-order chi connectivity index (χ1) is 17.1. The van der Waals surface area contributed by atoms with Crippen molar-refractivity contribution in [3.8, 4) is 22.8 Å². The molecule has 1 saturated heterocycles. The highest BCUT2D eigenvalue weighted by Crippen LogP contribution is 2.34. The molecule has 2 aromatic carbocycles. The minimum absolute atomic E-state index is 0.229. The van der Waals surface area contributed by atoms with Gasteiger partial charge in [0, 0.05) is 31.1 Å². The second-order valence-corrected chi connectivity index (χ2v) is 9.51. The van der Waals surface area contributed by atoms with E-state index in [9.17, 15) is 4.79 Å². The fourth-order valence-corrected chi connectivity index (χ4v) is 5.35. The summed E-state index contributed by atoms with van der Waals surface area (Å²) in [6.07, 6.45) is 3.20. The van der Waals surface area contributed by atoms with Gasteiger partial charge in [-0.1, -0.05) is 35.5 Å². The van der Waals surface area contributed by atoms with Crippen LogP contribution in [0, 0.1) is 11.8 Å². The summed E-state index contributed by atoms with van der Waals surface area (Å²) in [5, 5.41) is 7.83. The number of hydrogen-bond acceptors (Lipinski definition) is 6. The van der Waals surface area contributed by atoms with E-state index >= 15 is 0 Å². The van der Waals surface area contributed by atoms with Gasteiger partial charge in [0.2, 0.25) is 5.91 Å². The van der Waals surface area contributed by atoms with Crippen LogP contribution in [0.5, 0.6) is 11.5 Å². The van der Waals surface area contributed by atoms with E-state index in [4.69, 9.17) is 14.0 Å². The zero-order valence-corrected chi connectivity index (χ0v) is 20.5. The summed E-state index contributed by atoms with van der Waals surface area (Å²) in [4.78, 5) is 15.4. The third-order valence-electron chi connectivity index (χ3n) is 7.36. The summed E-state index contributed by atoms with van der Waals surface area (Å²) in [5.74, 6) is 3.15. The fraction of sp³-hybridized carbons (Fsp3) is 0.429. The molecular weight excluding hydrogens is 442 g/mol. The number of aromatic nitrogens is 1. The van der Waals surface area contributed by atoms with Crippen LogP contribution < -0.4 is 14.8 Å². The van der Waals surface area contributed by atoms with E-state index in [0.29, 0.717) is 30.6 Å². The van der Waals surface area contributed by atoms with Crippen molar-refractivity contribution in [1.29, 1.82) is 0 Å². The summed E-state index contributed by atoms with van der Waals surface area (Å²) < 4.78 is 16.5. The number of nitrogens with zero attached hydrogens (tertiary/aromatic N) is 2. The van der Waals surface area contributed by atoms with Crippen LogP contribution in [0.1, 0.15) is 29.7 Å². The maximum atomic E-state index is 13.4. The number of methoxy groups -OCH3 is 2. The summed E-state index contributed by atoms with van der Waals surface area (Å²) in [6.45, 7) is 3.20. The van der Waals surface area contributed by atoms with Crippen LogP contribution in [0.2, 0.25) is 0 Å². The highest BCUT2D eigenvalue weighted by molar-refractivity contribution is 5.77. The lowest BCUT2D eigenvalue weighted by molar-refractivity contribution is -0.133. The first-order valence-electron chi connectivity index (χ1n) is 12.4. The second-order valence-electron chi connectivity index (χ2n) is 9.51. The molecule has 1 fully saturated rings. The smallest absolute Gasteiger partial charge is 0.223 e. The van der Waals surface area contributed by atoms with Gasteiger partial charge in [0.15, 0.2) is 17.3 Å². The molecule has 1 N–H and O–H groups in total. The van der Waals surface area contributed by atoms with Crippen molar-refractivity contribution in [2.24, 2.45) is 11.8 Å². The van der Waals surface area contributed by atoms with E-state index in [1.807, 2.05) is 53.4 Å². The SMILES string of the molecule is COc1cc2c(cc1OC)CN(C(=O)C[C@H]1CCNC[C@@H]1Cc1cc(-c3ccccc3)on1)CC2. The van der Waals surface area contributed by atoms with Gasteiger partial charge in [0.05, 0.1) is 19.9 Å². The van der Waals surface area contributed by atoms with Gasteiger partial charge in [-0.15, -0.1) is 0 Å². The number of carbonyl (C=O) groups excluding carboxylic acids is 1. The number of carbonyl (C=O) groups is 1. The monoisotopic (exact) mass is 475 g/mol. The third-order valence-corrected chi connectivity index (χ3v) is 7.36. The second kappa shape index (κ2) is 10.5. The Hall–Kier alpha value is -3.32. The molecule has 1 aromatic heterocycles. The van der Waals surface area contributed by atoms with Gasteiger partial charge in [0.1, 0.15) is 0 Å². The number of rotatable bonds is 7. The molecule has 3 heterocycles. The number of fused-ring (bicyclic) bond motifs is 1. The van der Waals surface area contributed by atoms with Crippen molar-refractivity contribution >= 4 is 5.91 Å². The molecular formula is C28H33N3O4. The Bertz CT molecular complexity index is 1160. The van der Waals surface area contributed by atoms with Crippen LogP contribution in [-0.4, -0.2) is 49.8 Å². The molecule has 0 aliphatic carbocycles. The van der Waals surface area contributed by atoms with Gasteiger partial charge in [-0.3, -0.25) is 4.79 Å². The number of ether oxygens (including phenoxy) is 2. The molecule has 3 aromatic rings. The minimum Gasteiger partial charge on any atom is -0.493 e. The van der Waals surface area contributed by atoms with Gasteiger partial charge >= 0.3 is 0 Å². The molecule has 0 radical (unpaired) electrons. The third kappa shape index (κ3) is 5.20. The number of nitrogens with one attached hydrogen (secondary N) is 1. The van der Waals surface area contributed by atoms with E-state index in [-0.39, 0.29) is 5.91 Å². The Morgan fingerprint density at radius 3 is 2.63 bits per heavy atom. The van der Waals surface area contributed by atoms with Gasteiger partial charge in [-0.2, -0.15) is 0 Å². The Balaban J connectivity index is 1.23. The van der Waals surface area contributed by atoms with E-state index in [1.165, 1.54) is 5.56 Å². The normalized spacial score (nSPS) is 19.8. The maximum Gasteiger partial charge on any atom is 0.223 e. The quantitative estimate of drug-likeness (QED) is 0.554. The first kappa shape index (κ1) is 23.4. The lowest BCUT2D eigenvalue weighted by atomic mass is 9.80. The largest absolute Gasteiger partial charge is 0.493 e. The molecule has 0 saturated carbocycles. The number of amides is 1. The minimum atomic E-state index is 0.229. The molecule has 2 aliphatic rings. The molecule has 1 amide bonds. The van der Waals surface area contributed by atoms with Crippen LogP contribution in [0.4, 0.5) is 0 Å². The summed E-state index contributed by atoms with van der Waals surface area (Å²) in [6, 6.07) is 16.1. The molecule has 0 bridgehead atoms. The average molecular weight is 476 g/mol. The number of hydrogen-bond donors (Lipinski definition) is 1. The van der Waals surface area contributed by atoms with Crippen molar-refractivity contribution in [3.63, 3.8) is 0 Å². The average Bonchev–Trinajstić information content (AvgIpc) is 3.37. The Kier molecular flexibility index (Phi) is 7.04. The Labute approximate surface area is 206 Å². The van der Waals surface area contributed by atoms with Crippen LogP contribution in [0.25, 0.3) is 11.3 Å². The Morgan fingerprint density at radius 1 is 1.09 bits per heavy atom. The molecule has 5 rings (SSSR count). The molecule has 2 atom stereocenters. The van der Waals surface area contributed by atoms with E-state index in [2.05, 4.69) is 10.5 Å². The van der Waals surface area contributed by atoms with Crippen molar-refractivity contribution < 1.29 is 18.8 Å². The molecule has 7 nitrogen and oxygen atoms in total. The van der Waals surface area contributed by atoms with Crippen molar-refractivity contribution in [3.05, 3.63) is 65.4 Å². The van der Waals surface area contributed by atoms with Crippen molar-refractivity contribution in [2.75, 3.05) is 33.9 Å². The van der Waals surface area contributed by atoms with Gasteiger partial charge in [0.25, 0.3) is 0 Å².